The molecule has 0 bridgehead atoms. The number of para-hydroxylation sites is 1. The van der Waals surface area contributed by atoms with Gasteiger partial charge >= 0.3 is 5.97 Å². The van der Waals surface area contributed by atoms with Crippen molar-refractivity contribution in [2.45, 2.75) is 44.7 Å². The Morgan fingerprint density at radius 1 is 1.48 bits per heavy atom. The third-order valence-corrected chi connectivity index (χ3v) is 4.14. The van der Waals surface area contributed by atoms with Crippen LogP contribution in [0.5, 0.6) is 0 Å². The van der Waals surface area contributed by atoms with Crippen LogP contribution in [0.3, 0.4) is 0 Å². The maximum Gasteiger partial charge on any atom is 0.325 e. The van der Waals surface area contributed by atoms with Crippen LogP contribution in [0.2, 0.25) is 0 Å². The average molecular weight is 292 g/mol. The van der Waals surface area contributed by atoms with Crippen LogP contribution in [0, 0.1) is 10.1 Å². The molecule has 0 saturated carbocycles. The van der Waals surface area contributed by atoms with E-state index in [0.717, 1.165) is 25.7 Å². The number of rotatable bonds is 5. The maximum atomic E-state index is 11.8. The van der Waals surface area contributed by atoms with Gasteiger partial charge in [-0.1, -0.05) is 25.5 Å². The Bertz CT molecular complexity index is 532. The largest absolute Gasteiger partial charge is 0.480 e. The van der Waals surface area contributed by atoms with Crippen LogP contribution in [-0.4, -0.2) is 33.5 Å². The third kappa shape index (κ3) is 3.21. The summed E-state index contributed by atoms with van der Waals surface area (Å²) in [4.78, 5) is 24.4. The Labute approximate surface area is 123 Å². The molecule has 0 amide bonds. The normalized spacial score (nSPS) is 20.9. The second-order valence-corrected chi connectivity index (χ2v) is 5.35. The second-order valence-electron chi connectivity index (χ2n) is 5.35. The number of hydrogen-bond donors (Lipinski definition) is 1. The molecule has 1 saturated heterocycles. The Kier molecular flexibility index (Phi) is 4.90. The molecular weight excluding hydrogens is 272 g/mol. The molecule has 2 unspecified atom stereocenters. The van der Waals surface area contributed by atoms with Crippen molar-refractivity contribution in [2.24, 2.45) is 0 Å². The molecule has 1 fully saturated rings. The number of likely N-dealkylation sites (tertiary alicyclic amines) is 1. The average Bonchev–Trinajstić information content (AvgIpc) is 2.48. The topological polar surface area (TPSA) is 83.7 Å². The minimum Gasteiger partial charge on any atom is -0.480 e. The molecule has 1 aromatic rings. The summed E-state index contributed by atoms with van der Waals surface area (Å²) in [6, 6.07) is 5.36. The molecule has 6 nitrogen and oxygen atoms in total. The smallest absolute Gasteiger partial charge is 0.325 e. The predicted molar refractivity (Wildman–Crippen MR) is 78.1 cm³/mol. The number of nitro groups is 1. The van der Waals surface area contributed by atoms with Gasteiger partial charge in [0, 0.05) is 12.1 Å². The molecule has 0 radical (unpaired) electrons. The van der Waals surface area contributed by atoms with Gasteiger partial charge in [0.1, 0.15) is 6.04 Å². The summed E-state index contributed by atoms with van der Waals surface area (Å²) in [6.45, 7) is 2.70. The lowest BCUT2D eigenvalue weighted by Gasteiger charge is -2.39. The lowest BCUT2D eigenvalue weighted by molar-refractivity contribution is -0.386. The van der Waals surface area contributed by atoms with E-state index in [1.807, 2.05) is 11.8 Å². The summed E-state index contributed by atoms with van der Waals surface area (Å²) >= 11 is 0. The van der Waals surface area contributed by atoms with E-state index in [0.29, 0.717) is 6.54 Å². The Morgan fingerprint density at radius 2 is 2.19 bits per heavy atom. The first-order chi connectivity index (χ1) is 10.1. The van der Waals surface area contributed by atoms with Crippen molar-refractivity contribution in [2.75, 3.05) is 6.54 Å². The number of nitrogens with zero attached hydrogens (tertiary/aromatic N) is 2. The van der Waals surface area contributed by atoms with Gasteiger partial charge in [-0.05, 0) is 31.9 Å². The number of carbonyl (C=O) groups is 1. The lowest BCUT2D eigenvalue weighted by atomic mass is 9.94. The monoisotopic (exact) mass is 292 g/mol. The van der Waals surface area contributed by atoms with Gasteiger partial charge in [-0.25, -0.2) is 0 Å². The summed E-state index contributed by atoms with van der Waals surface area (Å²) in [5.74, 6) is -1.02. The highest BCUT2D eigenvalue weighted by Crippen LogP contribution is 2.34. The van der Waals surface area contributed by atoms with Gasteiger partial charge in [-0.2, -0.15) is 0 Å². The van der Waals surface area contributed by atoms with Crippen LogP contribution in [0.25, 0.3) is 0 Å². The predicted octanol–water partition coefficient (Wildman–Crippen LogP) is 2.99. The van der Waals surface area contributed by atoms with Gasteiger partial charge in [-0.15, -0.1) is 0 Å². The molecule has 2 rings (SSSR count). The molecule has 6 heteroatoms. The van der Waals surface area contributed by atoms with Crippen LogP contribution in [0.1, 0.15) is 44.2 Å². The molecule has 1 N–H and O–H groups in total. The molecule has 0 aromatic heterocycles. The van der Waals surface area contributed by atoms with E-state index in [4.69, 9.17) is 0 Å². The quantitative estimate of drug-likeness (QED) is 0.666. The van der Waals surface area contributed by atoms with Gasteiger partial charge in [0.05, 0.1) is 10.5 Å². The summed E-state index contributed by atoms with van der Waals surface area (Å²) in [6.07, 6.45) is 3.81. The fourth-order valence-corrected chi connectivity index (χ4v) is 3.14. The van der Waals surface area contributed by atoms with E-state index in [1.165, 1.54) is 6.07 Å². The molecule has 114 valence electrons. The molecule has 2 atom stereocenters. The molecule has 0 spiro atoms. The molecule has 1 aliphatic rings. The van der Waals surface area contributed by atoms with Crippen molar-refractivity contribution in [3.8, 4) is 0 Å². The van der Waals surface area contributed by atoms with Gasteiger partial charge < -0.3 is 5.11 Å². The molecule has 21 heavy (non-hydrogen) atoms. The molecule has 1 aliphatic heterocycles. The van der Waals surface area contributed by atoms with Crippen LogP contribution in [0.15, 0.2) is 24.3 Å². The SMILES string of the molecule is CCC1CCCCN1C(C(=O)O)c1ccccc1[N+](=O)[O-]. The van der Waals surface area contributed by atoms with Gasteiger partial charge in [-0.3, -0.25) is 19.8 Å². The summed E-state index contributed by atoms with van der Waals surface area (Å²) in [5, 5.41) is 20.8. The number of carboxylic acids is 1. The maximum absolute atomic E-state index is 11.8. The van der Waals surface area contributed by atoms with Gasteiger partial charge in [0.2, 0.25) is 0 Å². The first-order valence-electron chi connectivity index (χ1n) is 7.28. The zero-order valence-electron chi connectivity index (χ0n) is 12.1. The minimum absolute atomic E-state index is 0.120. The van der Waals surface area contributed by atoms with E-state index >= 15 is 0 Å². The summed E-state index contributed by atoms with van der Waals surface area (Å²) < 4.78 is 0. The fourth-order valence-electron chi connectivity index (χ4n) is 3.14. The number of carboxylic acid groups (broad SMARTS) is 1. The first kappa shape index (κ1) is 15.4. The molecule has 0 aliphatic carbocycles. The van der Waals surface area contributed by atoms with Crippen molar-refractivity contribution < 1.29 is 14.8 Å². The Balaban J connectivity index is 2.44. The number of aliphatic carboxylic acids is 1. The molecule has 1 aromatic carbocycles. The number of piperidine rings is 1. The van der Waals surface area contributed by atoms with E-state index in [9.17, 15) is 20.0 Å². The van der Waals surface area contributed by atoms with Crippen molar-refractivity contribution in [3.05, 3.63) is 39.9 Å². The second kappa shape index (κ2) is 6.67. The zero-order valence-corrected chi connectivity index (χ0v) is 12.1. The fraction of sp³-hybridized carbons (Fsp3) is 0.533. The van der Waals surface area contributed by atoms with Crippen LogP contribution in [-0.2, 0) is 4.79 Å². The Morgan fingerprint density at radius 3 is 2.81 bits per heavy atom. The zero-order chi connectivity index (χ0) is 15.4. The van der Waals surface area contributed by atoms with Crippen LogP contribution >= 0.6 is 0 Å². The number of benzene rings is 1. The van der Waals surface area contributed by atoms with Gasteiger partial charge in [0.15, 0.2) is 0 Å². The highest BCUT2D eigenvalue weighted by molar-refractivity contribution is 5.77. The standard InChI is InChI=1S/C15H20N2O4/c1-2-11-7-5-6-10-16(11)14(15(18)19)12-8-3-4-9-13(12)17(20)21/h3-4,8-9,11,14H,2,5-7,10H2,1H3,(H,18,19). The summed E-state index contributed by atoms with van der Waals surface area (Å²) in [5.41, 5.74) is 0.153. The first-order valence-corrected chi connectivity index (χ1v) is 7.28. The van der Waals surface area contributed by atoms with Gasteiger partial charge in [0.25, 0.3) is 5.69 Å². The summed E-state index contributed by atoms with van der Waals surface area (Å²) in [7, 11) is 0. The van der Waals surface area contributed by atoms with E-state index < -0.39 is 16.9 Å². The van der Waals surface area contributed by atoms with Crippen molar-refractivity contribution in [3.63, 3.8) is 0 Å². The molecule has 1 heterocycles. The number of nitro benzene ring substituents is 1. The highest BCUT2D eigenvalue weighted by atomic mass is 16.6. The van der Waals surface area contributed by atoms with Crippen LogP contribution < -0.4 is 0 Å². The van der Waals surface area contributed by atoms with E-state index in [1.54, 1.807) is 18.2 Å². The van der Waals surface area contributed by atoms with Crippen molar-refractivity contribution >= 4 is 11.7 Å². The van der Waals surface area contributed by atoms with Crippen molar-refractivity contribution in [1.29, 1.82) is 0 Å². The van der Waals surface area contributed by atoms with E-state index in [-0.39, 0.29) is 17.3 Å². The Hall–Kier alpha value is -1.95. The molecular formula is C15H20N2O4. The number of hydrogen-bond acceptors (Lipinski definition) is 4. The lowest BCUT2D eigenvalue weighted by Crippen LogP contribution is -2.44. The third-order valence-electron chi connectivity index (χ3n) is 4.14. The van der Waals surface area contributed by atoms with E-state index in [2.05, 4.69) is 0 Å². The highest BCUT2D eigenvalue weighted by Gasteiger charge is 2.37. The van der Waals surface area contributed by atoms with Crippen molar-refractivity contribution in [1.82, 2.24) is 4.90 Å². The minimum atomic E-state index is -1.02. The van der Waals surface area contributed by atoms with Crippen LogP contribution in [0.4, 0.5) is 5.69 Å².